The van der Waals surface area contributed by atoms with E-state index in [0.717, 1.165) is 25.7 Å². The SMILES string of the molecule is CS(=N)(=O)C1CCC(Nc2nonc2/C(N)=N\O)CC1. The number of nitrogens with two attached hydrogens (primary N) is 1. The maximum atomic E-state index is 11.7. The van der Waals surface area contributed by atoms with Gasteiger partial charge in [0.25, 0.3) is 0 Å². The predicted octanol–water partition coefficient (Wildman–Crippen LogP) is 0.564. The molecule has 2 rings (SSSR count). The van der Waals surface area contributed by atoms with Crippen molar-refractivity contribution in [1.29, 1.82) is 4.78 Å². The van der Waals surface area contributed by atoms with Gasteiger partial charge in [-0.05, 0) is 36.0 Å². The largest absolute Gasteiger partial charge is 0.409 e. The second-order valence-electron chi connectivity index (χ2n) is 4.97. The lowest BCUT2D eigenvalue weighted by molar-refractivity contribution is 0.304. The van der Waals surface area contributed by atoms with E-state index in [-0.39, 0.29) is 22.8 Å². The van der Waals surface area contributed by atoms with Crippen molar-refractivity contribution >= 4 is 21.4 Å². The third-order valence-electron chi connectivity index (χ3n) is 3.49. The van der Waals surface area contributed by atoms with Crippen molar-refractivity contribution in [3.63, 3.8) is 0 Å². The molecule has 9 nitrogen and oxygen atoms in total. The smallest absolute Gasteiger partial charge is 0.202 e. The summed E-state index contributed by atoms with van der Waals surface area (Å²) < 4.78 is 23.9. The van der Waals surface area contributed by atoms with Gasteiger partial charge in [0.15, 0.2) is 11.5 Å². The van der Waals surface area contributed by atoms with Crippen LogP contribution in [0.15, 0.2) is 9.78 Å². The van der Waals surface area contributed by atoms with Gasteiger partial charge in [-0.15, -0.1) is 0 Å². The summed E-state index contributed by atoms with van der Waals surface area (Å²) in [6.07, 6.45) is 4.48. The fourth-order valence-corrected chi connectivity index (χ4v) is 3.52. The monoisotopic (exact) mass is 302 g/mol. The highest BCUT2D eigenvalue weighted by molar-refractivity contribution is 7.92. The molecule has 0 aliphatic heterocycles. The Morgan fingerprint density at radius 1 is 1.50 bits per heavy atom. The number of nitrogens with one attached hydrogen (secondary N) is 2. The predicted molar refractivity (Wildman–Crippen MR) is 73.3 cm³/mol. The van der Waals surface area contributed by atoms with Gasteiger partial charge in [-0.1, -0.05) is 5.16 Å². The van der Waals surface area contributed by atoms with Gasteiger partial charge < -0.3 is 16.3 Å². The maximum Gasteiger partial charge on any atom is 0.202 e. The van der Waals surface area contributed by atoms with Crippen LogP contribution < -0.4 is 11.1 Å². The first-order chi connectivity index (χ1) is 9.41. The van der Waals surface area contributed by atoms with Gasteiger partial charge in [-0.3, -0.25) is 4.78 Å². The number of aromatic nitrogens is 2. The molecule has 1 atom stereocenters. The zero-order valence-corrected chi connectivity index (χ0v) is 11.9. The molecule has 0 spiro atoms. The molecular formula is C10H18N6O3S. The Kier molecular flexibility index (Phi) is 4.12. The average Bonchev–Trinajstić information content (AvgIpc) is 2.85. The van der Waals surface area contributed by atoms with E-state index in [4.69, 9.17) is 15.7 Å². The van der Waals surface area contributed by atoms with Crippen LogP contribution in [0.25, 0.3) is 0 Å². The zero-order chi connectivity index (χ0) is 14.8. The molecule has 0 saturated heterocycles. The first kappa shape index (κ1) is 14.6. The van der Waals surface area contributed by atoms with Crippen molar-refractivity contribution in [3.8, 4) is 0 Å². The zero-order valence-electron chi connectivity index (χ0n) is 11.1. The number of hydrogen-bond donors (Lipinski definition) is 4. The lowest BCUT2D eigenvalue weighted by Gasteiger charge is -2.29. The number of oxime groups is 1. The van der Waals surface area contributed by atoms with E-state index in [2.05, 4.69) is 25.4 Å². The third-order valence-corrected chi connectivity index (χ3v) is 5.23. The quantitative estimate of drug-likeness (QED) is 0.274. The molecule has 1 unspecified atom stereocenters. The summed E-state index contributed by atoms with van der Waals surface area (Å²) in [4.78, 5) is 0. The first-order valence-corrected chi connectivity index (χ1v) is 8.24. The van der Waals surface area contributed by atoms with Gasteiger partial charge in [-0.25, -0.2) is 8.84 Å². The summed E-state index contributed by atoms with van der Waals surface area (Å²) in [5.41, 5.74) is 5.62. The molecule has 1 aliphatic rings. The Morgan fingerprint density at radius 3 is 2.70 bits per heavy atom. The third kappa shape index (κ3) is 3.18. The second kappa shape index (κ2) is 5.65. The van der Waals surface area contributed by atoms with Crippen LogP contribution >= 0.6 is 0 Å². The molecule has 0 amide bonds. The molecule has 1 heterocycles. The summed E-state index contributed by atoms with van der Waals surface area (Å²) in [5.74, 6) is 0.150. The van der Waals surface area contributed by atoms with Gasteiger partial charge in [0.05, 0.1) is 0 Å². The average molecular weight is 302 g/mol. The van der Waals surface area contributed by atoms with Crippen molar-refractivity contribution in [3.05, 3.63) is 5.69 Å². The molecule has 1 aromatic rings. The van der Waals surface area contributed by atoms with Crippen LogP contribution in [0.3, 0.4) is 0 Å². The van der Waals surface area contributed by atoms with Crippen LogP contribution in [0.1, 0.15) is 31.4 Å². The molecule has 1 fully saturated rings. The molecular weight excluding hydrogens is 284 g/mol. The van der Waals surface area contributed by atoms with E-state index in [0.29, 0.717) is 5.82 Å². The van der Waals surface area contributed by atoms with Gasteiger partial charge >= 0.3 is 0 Å². The van der Waals surface area contributed by atoms with Crippen molar-refractivity contribution < 1.29 is 14.0 Å². The number of rotatable bonds is 4. The van der Waals surface area contributed by atoms with Crippen molar-refractivity contribution in [2.24, 2.45) is 10.9 Å². The summed E-state index contributed by atoms with van der Waals surface area (Å²) in [6.45, 7) is 0. The van der Waals surface area contributed by atoms with E-state index >= 15 is 0 Å². The Labute approximate surface area is 116 Å². The minimum absolute atomic E-state index is 0.0560. The number of nitrogens with zero attached hydrogens (tertiary/aromatic N) is 3. The second-order valence-corrected chi connectivity index (χ2v) is 7.44. The van der Waals surface area contributed by atoms with Gasteiger partial charge in [0.1, 0.15) is 0 Å². The molecule has 1 saturated carbocycles. The summed E-state index contributed by atoms with van der Waals surface area (Å²) >= 11 is 0. The number of hydrogen-bond acceptors (Lipinski definition) is 8. The number of anilines is 1. The van der Waals surface area contributed by atoms with E-state index in [1.807, 2.05) is 0 Å². The molecule has 0 radical (unpaired) electrons. The highest BCUT2D eigenvalue weighted by atomic mass is 32.2. The van der Waals surface area contributed by atoms with Crippen LogP contribution in [-0.4, -0.2) is 43.1 Å². The Bertz CT molecular complexity index is 588. The minimum atomic E-state index is -2.48. The Morgan fingerprint density at radius 2 is 2.15 bits per heavy atom. The lowest BCUT2D eigenvalue weighted by Crippen LogP contribution is -2.32. The standard InChI is InChI=1S/C10H18N6O3S/c1-20(12,18)7-4-2-6(3-5-7)13-10-8(9(11)14-17)15-19-16-10/h6-7,12,17H,2-5H2,1H3,(H2,11,14)(H,13,16). The summed E-state index contributed by atoms with van der Waals surface area (Å²) in [7, 11) is -2.48. The molecule has 10 heteroatoms. The van der Waals surface area contributed by atoms with E-state index in [1.165, 1.54) is 6.26 Å². The van der Waals surface area contributed by atoms with Crippen molar-refractivity contribution in [2.45, 2.75) is 37.0 Å². The highest BCUT2D eigenvalue weighted by Crippen LogP contribution is 2.26. The maximum absolute atomic E-state index is 11.7. The molecule has 0 aromatic carbocycles. The number of amidine groups is 1. The first-order valence-electron chi connectivity index (χ1n) is 6.21. The molecule has 0 bridgehead atoms. The van der Waals surface area contributed by atoms with E-state index < -0.39 is 9.73 Å². The van der Waals surface area contributed by atoms with Crippen LogP contribution in [-0.2, 0) is 9.73 Å². The van der Waals surface area contributed by atoms with Gasteiger partial charge in [0, 0.05) is 27.3 Å². The van der Waals surface area contributed by atoms with Gasteiger partial charge in [0.2, 0.25) is 5.82 Å². The normalized spacial score (nSPS) is 26.9. The van der Waals surface area contributed by atoms with Crippen molar-refractivity contribution in [2.75, 3.05) is 11.6 Å². The fourth-order valence-electron chi connectivity index (χ4n) is 2.35. The summed E-state index contributed by atoms with van der Waals surface area (Å²) in [5, 5.41) is 21.8. The van der Waals surface area contributed by atoms with Gasteiger partial charge in [-0.2, -0.15) is 0 Å². The molecule has 1 aliphatic carbocycles. The summed E-state index contributed by atoms with van der Waals surface area (Å²) in [6, 6.07) is 0.116. The molecule has 112 valence electrons. The van der Waals surface area contributed by atoms with Crippen LogP contribution in [0.4, 0.5) is 5.82 Å². The highest BCUT2D eigenvalue weighted by Gasteiger charge is 2.27. The van der Waals surface area contributed by atoms with Crippen LogP contribution in [0.5, 0.6) is 0 Å². The Balaban J connectivity index is 1.98. The van der Waals surface area contributed by atoms with Crippen LogP contribution in [0.2, 0.25) is 0 Å². The molecule has 20 heavy (non-hydrogen) atoms. The lowest BCUT2D eigenvalue weighted by atomic mass is 9.95. The Hall–Kier alpha value is -1.84. The minimum Gasteiger partial charge on any atom is -0.409 e. The van der Waals surface area contributed by atoms with Crippen LogP contribution in [0, 0.1) is 4.78 Å². The molecule has 1 aromatic heterocycles. The fraction of sp³-hybridized carbons (Fsp3) is 0.700. The van der Waals surface area contributed by atoms with E-state index in [9.17, 15) is 4.21 Å². The molecule has 5 N–H and O–H groups in total. The van der Waals surface area contributed by atoms with Crippen molar-refractivity contribution in [1.82, 2.24) is 10.3 Å². The topological polar surface area (TPSA) is 150 Å². The van der Waals surface area contributed by atoms with E-state index in [1.54, 1.807) is 0 Å².